The van der Waals surface area contributed by atoms with E-state index in [9.17, 15) is 0 Å². The van der Waals surface area contributed by atoms with Crippen molar-refractivity contribution in [2.75, 3.05) is 6.54 Å². The Kier molecular flexibility index (Phi) is 5.83. The summed E-state index contributed by atoms with van der Waals surface area (Å²) in [6.45, 7) is 12.8. The van der Waals surface area contributed by atoms with Gasteiger partial charge in [-0.1, -0.05) is 22.0 Å². The van der Waals surface area contributed by atoms with Gasteiger partial charge in [0.2, 0.25) is 0 Å². The van der Waals surface area contributed by atoms with E-state index in [1.165, 1.54) is 11.1 Å². The third kappa shape index (κ3) is 6.53. The SMILES string of the molecule is Cc1cc(Br)cc(CNC(C)CNC(C)(C)C)c1. The highest BCUT2D eigenvalue weighted by Crippen LogP contribution is 2.15. The molecule has 1 unspecified atom stereocenters. The monoisotopic (exact) mass is 312 g/mol. The molecule has 102 valence electrons. The molecule has 0 aliphatic carbocycles. The smallest absolute Gasteiger partial charge is 0.0209 e. The molecule has 0 fully saturated rings. The molecule has 0 saturated carbocycles. The molecule has 0 bridgehead atoms. The average Bonchev–Trinajstić information content (AvgIpc) is 2.21. The average molecular weight is 313 g/mol. The van der Waals surface area contributed by atoms with E-state index in [0.29, 0.717) is 6.04 Å². The van der Waals surface area contributed by atoms with Crippen LogP contribution in [-0.2, 0) is 6.54 Å². The minimum Gasteiger partial charge on any atom is -0.311 e. The predicted octanol–water partition coefficient (Wildman–Crippen LogP) is 3.62. The molecule has 2 N–H and O–H groups in total. The Bertz CT molecular complexity index is 362. The lowest BCUT2D eigenvalue weighted by atomic mass is 10.1. The number of nitrogens with one attached hydrogen (secondary N) is 2. The number of halogens is 1. The molecule has 0 saturated heterocycles. The minimum absolute atomic E-state index is 0.183. The summed E-state index contributed by atoms with van der Waals surface area (Å²) < 4.78 is 1.15. The van der Waals surface area contributed by atoms with Gasteiger partial charge in [0.1, 0.15) is 0 Å². The third-order valence-electron chi connectivity index (χ3n) is 2.70. The Morgan fingerprint density at radius 2 is 1.89 bits per heavy atom. The lowest BCUT2D eigenvalue weighted by Gasteiger charge is -2.24. The molecule has 1 atom stereocenters. The highest BCUT2D eigenvalue weighted by atomic mass is 79.9. The molecule has 1 aromatic carbocycles. The van der Waals surface area contributed by atoms with Gasteiger partial charge in [-0.15, -0.1) is 0 Å². The van der Waals surface area contributed by atoms with Crippen LogP contribution >= 0.6 is 15.9 Å². The zero-order valence-corrected chi connectivity index (χ0v) is 13.7. The molecule has 0 aliphatic heterocycles. The van der Waals surface area contributed by atoms with Gasteiger partial charge in [-0.2, -0.15) is 0 Å². The molecule has 0 radical (unpaired) electrons. The number of hydrogen-bond donors (Lipinski definition) is 2. The Morgan fingerprint density at radius 1 is 1.22 bits per heavy atom. The van der Waals surface area contributed by atoms with Gasteiger partial charge < -0.3 is 10.6 Å². The van der Waals surface area contributed by atoms with Gasteiger partial charge in [0.25, 0.3) is 0 Å². The van der Waals surface area contributed by atoms with Crippen molar-refractivity contribution < 1.29 is 0 Å². The second kappa shape index (κ2) is 6.69. The van der Waals surface area contributed by atoms with E-state index in [1.54, 1.807) is 0 Å². The maximum atomic E-state index is 3.54. The summed E-state index contributed by atoms with van der Waals surface area (Å²) in [5, 5.41) is 7.05. The minimum atomic E-state index is 0.183. The Morgan fingerprint density at radius 3 is 2.44 bits per heavy atom. The standard InChI is InChI=1S/C15H25BrN2/c1-11-6-13(8-14(16)7-11)10-17-12(2)9-18-15(3,4)5/h6-8,12,17-18H,9-10H2,1-5H3. The molecule has 3 heteroatoms. The van der Waals surface area contributed by atoms with Crippen LogP contribution in [0.2, 0.25) is 0 Å². The van der Waals surface area contributed by atoms with Crippen LogP contribution in [-0.4, -0.2) is 18.1 Å². The fraction of sp³-hybridized carbons (Fsp3) is 0.600. The van der Waals surface area contributed by atoms with Crippen LogP contribution in [0.25, 0.3) is 0 Å². The molecule has 0 aromatic heterocycles. The predicted molar refractivity (Wildman–Crippen MR) is 82.9 cm³/mol. The molecule has 1 aromatic rings. The molecule has 0 aliphatic rings. The molecular weight excluding hydrogens is 288 g/mol. The van der Waals surface area contributed by atoms with E-state index in [-0.39, 0.29) is 5.54 Å². The van der Waals surface area contributed by atoms with Gasteiger partial charge in [0.05, 0.1) is 0 Å². The van der Waals surface area contributed by atoms with Crippen molar-refractivity contribution in [1.29, 1.82) is 0 Å². The van der Waals surface area contributed by atoms with Crippen molar-refractivity contribution in [3.63, 3.8) is 0 Å². The highest BCUT2D eigenvalue weighted by molar-refractivity contribution is 9.10. The Labute approximate surface area is 120 Å². The number of rotatable bonds is 5. The maximum absolute atomic E-state index is 3.54. The zero-order valence-electron chi connectivity index (χ0n) is 12.1. The van der Waals surface area contributed by atoms with Crippen molar-refractivity contribution >= 4 is 15.9 Å². The first-order valence-corrected chi connectivity index (χ1v) is 7.30. The maximum Gasteiger partial charge on any atom is 0.0209 e. The number of benzene rings is 1. The fourth-order valence-electron chi connectivity index (χ4n) is 1.74. The van der Waals surface area contributed by atoms with Crippen LogP contribution in [0, 0.1) is 6.92 Å². The first-order valence-electron chi connectivity index (χ1n) is 6.51. The van der Waals surface area contributed by atoms with Gasteiger partial charge in [0.15, 0.2) is 0 Å². The van der Waals surface area contributed by atoms with E-state index in [2.05, 4.69) is 79.4 Å². The molecule has 1 rings (SSSR count). The van der Waals surface area contributed by atoms with Crippen molar-refractivity contribution in [3.8, 4) is 0 Å². The summed E-state index contributed by atoms with van der Waals surface area (Å²) in [5.41, 5.74) is 2.80. The van der Waals surface area contributed by atoms with Gasteiger partial charge in [-0.25, -0.2) is 0 Å². The summed E-state index contributed by atoms with van der Waals surface area (Å²) in [6.07, 6.45) is 0. The highest BCUT2D eigenvalue weighted by Gasteiger charge is 2.10. The molecule has 2 nitrogen and oxygen atoms in total. The lowest BCUT2D eigenvalue weighted by molar-refractivity contribution is 0.387. The van der Waals surface area contributed by atoms with Crippen LogP contribution in [0.5, 0.6) is 0 Å². The Balaban J connectivity index is 2.40. The number of aryl methyl sites for hydroxylation is 1. The second-order valence-electron chi connectivity index (χ2n) is 6.05. The summed E-state index contributed by atoms with van der Waals surface area (Å²) in [4.78, 5) is 0. The molecular formula is C15H25BrN2. The Hall–Kier alpha value is -0.380. The van der Waals surface area contributed by atoms with Crippen LogP contribution in [0.3, 0.4) is 0 Å². The first kappa shape index (κ1) is 15.7. The summed E-state index contributed by atoms with van der Waals surface area (Å²) in [6, 6.07) is 6.99. The van der Waals surface area contributed by atoms with Crippen LogP contribution < -0.4 is 10.6 Å². The van der Waals surface area contributed by atoms with Gasteiger partial charge >= 0.3 is 0 Å². The molecule has 0 amide bonds. The summed E-state index contributed by atoms with van der Waals surface area (Å²) in [7, 11) is 0. The normalized spacial score (nSPS) is 13.7. The molecule has 0 spiro atoms. The van der Waals surface area contributed by atoms with Crippen molar-refractivity contribution in [1.82, 2.24) is 10.6 Å². The van der Waals surface area contributed by atoms with Crippen molar-refractivity contribution in [2.45, 2.75) is 52.7 Å². The van der Waals surface area contributed by atoms with E-state index in [4.69, 9.17) is 0 Å². The van der Waals surface area contributed by atoms with Crippen LogP contribution in [0.1, 0.15) is 38.8 Å². The summed E-state index contributed by atoms with van der Waals surface area (Å²) >= 11 is 3.54. The van der Waals surface area contributed by atoms with Crippen LogP contribution in [0.15, 0.2) is 22.7 Å². The van der Waals surface area contributed by atoms with E-state index in [0.717, 1.165) is 17.6 Å². The van der Waals surface area contributed by atoms with Gasteiger partial charge in [0, 0.05) is 29.1 Å². The number of hydrogen-bond acceptors (Lipinski definition) is 2. The molecule has 0 heterocycles. The zero-order chi connectivity index (χ0) is 13.8. The summed E-state index contributed by atoms with van der Waals surface area (Å²) in [5.74, 6) is 0. The molecule has 18 heavy (non-hydrogen) atoms. The van der Waals surface area contributed by atoms with E-state index in [1.807, 2.05) is 0 Å². The van der Waals surface area contributed by atoms with Crippen LogP contribution in [0.4, 0.5) is 0 Å². The largest absolute Gasteiger partial charge is 0.311 e. The quantitative estimate of drug-likeness (QED) is 0.867. The lowest BCUT2D eigenvalue weighted by Crippen LogP contribution is -2.44. The van der Waals surface area contributed by atoms with E-state index >= 15 is 0 Å². The fourth-order valence-corrected chi connectivity index (χ4v) is 2.39. The topological polar surface area (TPSA) is 24.1 Å². The van der Waals surface area contributed by atoms with Gasteiger partial charge in [-0.3, -0.25) is 0 Å². The van der Waals surface area contributed by atoms with Crippen molar-refractivity contribution in [3.05, 3.63) is 33.8 Å². The van der Waals surface area contributed by atoms with E-state index < -0.39 is 0 Å². The van der Waals surface area contributed by atoms with Gasteiger partial charge in [-0.05, 0) is 57.9 Å². The van der Waals surface area contributed by atoms with Crippen molar-refractivity contribution in [2.24, 2.45) is 0 Å². The second-order valence-corrected chi connectivity index (χ2v) is 6.97. The third-order valence-corrected chi connectivity index (χ3v) is 3.15. The first-order chi connectivity index (χ1) is 8.26.